The second kappa shape index (κ2) is 7.26. The lowest BCUT2D eigenvalue weighted by Crippen LogP contribution is -2.44. The van der Waals surface area contributed by atoms with Crippen molar-refractivity contribution >= 4 is 5.97 Å². The molecule has 3 nitrogen and oxygen atoms in total. The number of hydrogen-bond donors (Lipinski definition) is 2. The molecule has 0 spiro atoms. The van der Waals surface area contributed by atoms with Gasteiger partial charge in [0.2, 0.25) is 0 Å². The summed E-state index contributed by atoms with van der Waals surface area (Å²) in [7, 11) is 0. The van der Waals surface area contributed by atoms with Crippen LogP contribution in [0, 0.1) is 23.7 Å². The van der Waals surface area contributed by atoms with Crippen LogP contribution < -0.4 is 0 Å². The highest BCUT2D eigenvalue weighted by Gasteiger charge is 2.44. The van der Waals surface area contributed by atoms with Crippen LogP contribution in [0.2, 0.25) is 0 Å². The minimum absolute atomic E-state index is 0.187. The number of unbranched alkanes of at least 4 members (excludes halogenated alkanes) is 1. The van der Waals surface area contributed by atoms with Gasteiger partial charge < -0.3 is 10.2 Å². The van der Waals surface area contributed by atoms with Gasteiger partial charge >= 0.3 is 5.97 Å². The average Bonchev–Trinajstić information content (AvgIpc) is 2.43. The third-order valence-corrected chi connectivity index (χ3v) is 5.35. The normalized spacial score (nSPS) is 34.5. The Morgan fingerprint density at radius 1 is 1.20 bits per heavy atom. The summed E-state index contributed by atoms with van der Waals surface area (Å²) in [5.41, 5.74) is 0. The van der Waals surface area contributed by atoms with E-state index in [1.807, 2.05) is 6.92 Å². The van der Waals surface area contributed by atoms with Crippen LogP contribution in [0.4, 0.5) is 0 Å². The monoisotopic (exact) mass is 280 g/mol. The maximum atomic E-state index is 10.4. The van der Waals surface area contributed by atoms with Crippen molar-refractivity contribution in [2.45, 2.75) is 64.4 Å². The average molecular weight is 280 g/mol. The van der Waals surface area contributed by atoms with Gasteiger partial charge in [-0.15, -0.1) is 0 Å². The fourth-order valence-electron chi connectivity index (χ4n) is 4.47. The van der Waals surface area contributed by atoms with E-state index in [2.05, 4.69) is 12.2 Å². The molecule has 3 saturated carbocycles. The molecule has 20 heavy (non-hydrogen) atoms. The molecule has 0 saturated heterocycles. The fraction of sp³-hybridized carbons (Fsp3) is 0.824. The van der Waals surface area contributed by atoms with Gasteiger partial charge in [-0.25, -0.2) is 0 Å². The quantitative estimate of drug-likeness (QED) is 0.553. The lowest BCUT2D eigenvalue weighted by molar-refractivity contribution is -0.137. The number of allylic oxidation sites excluding steroid dienone is 2. The first-order valence-corrected chi connectivity index (χ1v) is 8.14. The minimum Gasteiger partial charge on any atom is -0.481 e. The maximum Gasteiger partial charge on any atom is 0.303 e. The lowest BCUT2D eigenvalue weighted by atomic mass is 9.56. The third-order valence-electron chi connectivity index (χ3n) is 5.35. The highest BCUT2D eigenvalue weighted by Crippen LogP contribution is 2.51. The molecule has 3 aliphatic rings. The lowest BCUT2D eigenvalue weighted by Gasteiger charge is -2.50. The number of hydrogen-bond acceptors (Lipinski definition) is 2. The van der Waals surface area contributed by atoms with Crippen molar-refractivity contribution in [3.63, 3.8) is 0 Å². The Kier molecular flexibility index (Phi) is 5.64. The van der Waals surface area contributed by atoms with Crippen molar-refractivity contribution in [1.82, 2.24) is 0 Å². The Bertz CT molecular complexity index is 340. The standard InChI is InChI=1S/C17H28O3/c1-12(18)17-14-10-8-13(9-11-14)15(17)6-4-2-3-5-7-16(19)20/h2,4,12-15,17-18H,3,5-11H2,1H3,(H,19,20). The smallest absolute Gasteiger partial charge is 0.303 e. The first-order valence-electron chi connectivity index (χ1n) is 8.14. The fourth-order valence-corrected chi connectivity index (χ4v) is 4.47. The summed E-state index contributed by atoms with van der Waals surface area (Å²) >= 11 is 0. The SMILES string of the molecule is CC(O)C1C2CCC(CC2)C1CC=CCCCC(=O)O. The highest BCUT2D eigenvalue weighted by atomic mass is 16.4. The van der Waals surface area contributed by atoms with Gasteiger partial charge in [0.15, 0.2) is 0 Å². The van der Waals surface area contributed by atoms with Crippen LogP contribution in [0.1, 0.15) is 58.3 Å². The molecule has 0 aromatic carbocycles. The number of aliphatic hydroxyl groups is 1. The number of aliphatic carboxylic acids is 1. The molecule has 3 fully saturated rings. The van der Waals surface area contributed by atoms with Crippen molar-refractivity contribution in [3.8, 4) is 0 Å². The van der Waals surface area contributed by atoms with E-state index < -0.39 is 5.97 Å². The van der Waals surface area contributed by atoms with Crippen molar-refractivity contribution in [3.05, 3.63) is 12.2 Å². The topological polar surface area (TPSA) is 57.5 Å². The summed E-state index contributed by atoms with van der Waals surface area (Å²) in [5.74, 6) is 1.93. The Labute approximate surface area is 122 Å². The number of rotatable bonds is 7. The molecule has 0 radical (unpaired) electrons. The number of aliphatic hydroxyl groups excluding tert-OH is 1. The molecular formula is C17H28O3. The second-order valence-electron chi connectivity index (χ2n) is 6.65. The Morgan fingerprint density at radius 2 is 1.85 bits per heavy atom. The van der Waals surface area contributed by atoms with Gasteiger partial charge in [0, 0.05) is 6.42 Å². The summed E-state index contributed by atoms with van der Waals surface area (Å²) in [6.07, 6.45) is 12.4. The molecule has 2 bridgehead atoms. The Hall–Kier alpha value is -0.830. The zero-order valence-electron chi connectivity index (χ0n) is 12.5. The van der Waals surface area contributed by atoms with Crippen molar-refractivity contribution in [2.75, 3.05) is 0 Å². The van der Waals surface area contributed by atoms with E-state index >= 15 is 0 Å². The summed E-state index contributed by atoms with van der Waals surface area (Å²) in [6.45, 7) is 1.95. The van der Waals surface area contributed by atoms with E-state index in [-0.39, 0.29) is 12.5 Å². The van der Waals surface area contributed by atoms with E-state index in [4.69, 9.17) is 5.11 Å². The molecule has 0 aliphatic heterocycles. The van der Waals surface area contributed by atoms with Gasteiger partial charge in [0.25, 0.3) is 0 Å². The molecule has 3 aliphatic carbocycles. The van der Waals surface area contributed by atoms with Crippen LogP contribution >= 0.6 is 0 Å². The minimum atomic E-state index is -0.711. The zero-order valence-corrected chi connectivity index (χ0v) is 12.5. The first kappa shape index (κ1) is 15.6. The molecule has 3 unspecified atom stereocenters. The summed E-state index contributed by atoms with van der Waals surface area (Å²) in [5, 5.41) is 18.7. The summed E-state index contributed by atoms with van der Waals surface area (Å²) < 4.78 is 0. The second-order valence-corrected chi connectivity index (χ2v) is 6.65. The van der Waals surface area contributed by atoms with E-state index in [1.54, 1.807) is 0 Å². The predicted molar refractivity (Wildman–Crippen MR) is 79.4 cm³/mol. The van der Waals surface area contributed by atoms with Gasteiger partial charge in [-0.1, -0.05) is 12.2 Å². The van der Waals surface area contributed by atoms with E-state index in [0.717, 1.165) is 31.1 Å². The molecular weight excluding hydrogens is 252 g/mol. The van der Waals surface area contributed by atoms with Crippen LogP contribution in [0.3, 0.4) is 0 Å². The van der Waals surface area contributed by atoms with Crippen LogP contribution in [0.15, 0.2) is 12.2 Å². The molecule has 3 heteroatoms. The van der Waals surface area contributed by atoms with Crippen LogP contribution in [0.25, 0.3) is 0 Å². The van der Waals surface area contributed by atoms with E-state index in [1.165, 1.54) is 25.7 Å². The summed E-state index contributed by atoms with van der Waals surface area (Å²) in [4.78, 5) is 10.4. The van der Waals surface area contributed by atoms with Gasteiger partial charge in [-0.05, 0) is 75.5 Å². The molecule has 114 valence electrons. The van der Waals surface area contributed by atoms with Crippen LogP contribution in [0.5, 0.6) is 0 Å². The molecule has 0 aromatic heterocycles. The van der Waals surface area contributed by atoms with Gasteiger partial charge in [-0.3, -0.25) is 4.79 Å². The third kappa shape index (κ3) is 3.85. The number of carboxylic acid groups (broad SMARTS) is 1. The predicted octanol–water partition coefficient (Wildman–Crippen LogP) is 3.62. The molecule has 2 N–H and O–H groups in total. The maximum absolute atomic E-state index is 10.4. The van der Waals surface area contributed by atoms with Crippen molar-refractivity contribution in [2.24, 2.45) is 23.7 Å². The van der Waals surface area contributed by atoms with Crippen molar-refractivity contribution < 1.29 is 15.0 Å². The Morgan fingerprint density at radius 3 is 2.45 bits per heavy atom. The number of carboxylic acids is 1. The molecule has 0 aromatic rings. The van der Waals surface area contributed by atoms with Crippen LogP contribution in [-0.4, -0.2) is 22.3 Å². The van der Waals surface area contributed by atoms with Crippen molar-refractivity contribution in [1.29, 1.82) is 0 Å². The Balaban J connectivity index is 1.81. The molecule has 0 amide bonds. The largest absolute Gasteiger partial charge is 0.481 e. The first-order chi connectivity index (χ1) is 9.59. The van der Waals surface area contributed by atoms with Gasteiger partial charge in [0.1, 0.15) is 0 Å². The van der Waals surface area contributed by atoms with E-state index in [0.29, 0.717) is 11.8 Å². The van der Waals surface area contributed by atoms with Gasteiger partial charge in [0.05, 0.1) is 6.10 Å². The number of fused-ring (bicyclic) bond motifs is 3. The van der Waals surface area contributed by atoms with Crippen LogP contribution in [-0.2, 0) is 4.79 Å². The zero-order chi connectivity index (χ0) is 14.5. The molecule has 3 atom stereocenters. The van der Waals surface area contributed by atoms with Gasteiger partial charge in [-0.2, -0.15) is 0 Å². The molecule has 0 heterocycles. The van der Waals surface area contributed by atoms with E-state index in [9.17, 15) is 9.90 Å². The molecule has 3 rings (SSSR count). The highest BCUT2D eigenvalue weighted by molar-refractivity contribution is 5.66. The summed E-state index contributed by atoms with van der Waals surface area (Å²) in [6, 6.07) is 0. The number of carbonyl (C=O) groups is 1.